The highest BCUT2D eigenvalue weighted by molar-refractivity contribution is 5.86. The second-order valence-corrected chi connectivity index (χ2v) is 9.51. The minimum absolute atomic E-state index is 0.00702. The quantitative estimate of drug-likeness (QED) is 0.158. The van der Waals surface area contributed by atoms with Gasteiger partial charge in [0.25, 0.3) is 0 Å². The van der Waals surface area contributed by atoms with E-state index in [1.807, 2.05) is 66.7 Å². The number of esters is 1. The molecule has 0 aliphatic carbocycles. The summed E-state index contributed by atoms with van der Waals surface area (Å²) in [5.74, 6) is -1.67. The molecule has 7 nitrogen and oxygen atoms in total. The second kappa shape index (κ2) is 18.5. The van der Waals surface area contributed by atoms with Crippen molar-refractivity contribution in [3.05, 3.63) is 97.1 Å². The molecule has 0 aliphatic heterocycles. The topological polar surface area (TPSA) is 95.9 Å². The van der Waals surface area contributed by atoms with Crippen molar-refractivity contribution in [3.8, 4) is 0 Å². The van der Waals surface area contributed by atoms with E-state index in [9.17, 15) is 19.5 Å². The van der Waals surface area contributed by atoms with Crippen molar-refractivity contribution in [2.45, 2.75) is 45.1 Å². The van der Waals surface area contributed by atoms with E-state index >= 15 is 0 Å². The van der Waals surface area contributed by atoms with E-state index in [1.165, 1.54) is 0 Å². The maximum Gasteiger partial charge on any atom is 0.309 e. The molecule has 2 N–H and O–H groups in total. The third-order valence-corrected chi connectivity index (χ3v) is 6.45. The van der Waals surface area contributed by atoms with Gasteiger partial charge in [0.15, 0.2) is 0 Å². The van der Waals surface area contributed by atoms with Crippen LogP contribution in [0.5, 0.6) is 0 Å². The first-order valence-corrected chi connectivity index (χ1v) is 13.6. The molecule has 0 bridgehead atoms. The average Bonchev–Trinajstić information content (AvgIpc) is 2.95. The molecule has 2 atom stereocenters. The smallest absolute Gasteiger partial charge is 0.309 e. The number of allylic oxidation sites excluding steroid dienone is 2. The second-order valence-electron chi connectivity index (χ2n) is 9.51. The van der Waals surface area contributed by atoms with Gasteiger partial charge < -0.3 is 20.1 Å². The fourth-order valence-electron chi connectivity index (χ4n) is 4.34. The van der Waals surface area contributed by atoms with E-state index < -0.39 is 5.92 Å². The summed E-state index contributed by atoms with van der Waals surface area (Å²) in [4.78, 5) is 40.2. The normalized spacial score (nSPS) is 12.1. The van der Waals surface area contributed by atoms with Gasteiger partial charge in [0.05, 0.1) is 25.0 Å². The summed E-state index contributed by atoms with van der Waals surface area (Å²) in [6.07, 6.45) is 6.76. The summed E-state index contributed by atoms with van der Waals surface area (Å²) in [5.41, 5.74) is 2.02. The molecule has 0 fully saturated rings. The summed E-state index contributed by atoms with van der Waals surface area (Å²) in [6.45, 7) is 8.05. The highest BCUT2D eigenvalue weighted by Crippen LogP contribution is 2.18. The number of unbranched alkanes of at least 4 members (excludes halogenated alkanes) is 1. The number of hydrogen-bond acceptors (Lipinski definition) is 5. The van der Waals surface area contributed by atoms with E-state index in [0.717, 1.165) is 24.0 Å². The van der Waals surface area contributed by atoms with Gasteiger partial charge in [0.1, 0.15) is 6.61 Å². The Labute approximate surface area is 232 Å². The molecule has 0 heterocycles. The molecule has 2 amide bonds. The molecule has 2 rings (SSSR count). The number of aliphatic hydroxyl groups is 1. The minimum Gasteiger partial charge on any atom is -0.464 e. The fourth-order valence-corrected chi connectivity index (χ4v) is 4.34. The Morgan fingerprint density at radius 3 is 2.23 bits per heavy atom. The Hall–Kier alpha value is -3.71. The molecule has 7 heteroatoms. The van der Waals surface area contributed by atoms with Crippen molar-refractivity contribution in [2.24, 2.45) is 11.8 Å². The number of amides is 2. The third-order valence-electron chi connectivity index (χ3n) is 6.45. The number of nitrogens with one attached hydrogen (secondary N) is 1. The monoisotopic (exact) mass is 534 g/mol. The van der Waals surface area contributed by atoms with Gasteiger partial charge in [-0.3, -0.25) is 14.4 Å². The van der Waals surface area contributed by atoms with Crippen LogP contribution in [0, 0.1) is 11.8 Å². The summed E-state index contributed by atoms with van der Waals surface area (Å²) >= 11 is 0. The van der Waals surface area contributed by atoms with Crippen LogP contribution in [0.4, 0.5) is 0 Å². The van der Waals surface area contributed by atoms with Crippen molar-refractivity contribution in [1.82, 2.24) is 10.2 Å². The van der Waals surface area contributed by atoms with Crippen molar-refractivity contribution in [2.75, 3.05) is 26.3 Å². The lowest BCUT2D eigenvalue weighted by Gasteiger charge is -2.24. The minimum atomic E-state index is -0.604. The molecule has 0 aromatic heterocycles. The van der Waals surface area contributed by atoms with Gasteiger partial charge >= 0.3 is 5.97 Å². The predicted molar refractivity (Wildman–Crippen MR) is 154 cm³/mol. The van der Waals surface area contributed by atoms with Gasteiger partial charge in [-0.05, 0) is 43.2 Å². The summed E-state index contributed by atoms with van der Waals surface area (Å²) in [6, 6.07) is 19.3. The lowest BCUT2D eigenvalue weighted by atomic mass is 9.94. The van der Waals surface area contributed by atoms with Crippen molar-refractivity contribution < 1.29 is 24.2 Å². The highest BCUT2D eigenvalue weighted by Gasteiger charge is 2.24. The summed E-state index contributed by atoms with van der Waals surface area (Å²) in [7, 11) is 0. The van der Waals surface area contributed by atoms with Crippen LogP contribution < -0.4 is 5.32 Å². The van der Waals surface area contributed by atoms with Gasteiger partial charge in [-0.1, -0.05) is 72.8 Å². The molecular formula is C32H42N2O5. The molecule has 0 spiro atoms. The van der Waals surface area contributed by atoms with E-state index in [1.54, 1.807) is 11.0 Å². The first kappa shape index (κ1) is 31.5. The first-order valence-electron chi connectivity index (χ1n) is 13.6. The number of carbonyl (C=O) groups excluding carboxylic acids is 3. The molecule has 0 saturated carbocycles. The number of benzene rings is 2. The maximum absolute atomic E-state index is 13.0. The van der Waals surface area contributed by atoms with Gasteiger partial charge in [0.2, 0.25) is 11.8 Å². The molecule has 2 aromatic carbocycles. The number of nitrogens with zero attached hydrogens (tertiary/aromatic N) is 1. The van der Waals surface area contributed by atoms with E-state index in [2.05, 4.69) is 18.5 Å². The number of ether oxygens (including phenoxy) is 1. The number of hydrogen-bond donors (Lipinski definition) is 2. The van der Waals surface area contributed by atoms with Crippen LogP contribution in [0.25, 0.3) is 0 Å². The number of rotatable bonds is 19. The zero-order valence-electron chi connectivity index (χ0n) is 22.8. The molecule has 2 aromatic rings. The summed E-state index contributed by atoms with van der Waals surface area (Å²) in [5, 5.41) is 12.2. The molecule has 210 valence electrons. The van der Waals surface area contributed by atoms with Crippen LogP contribution in [0.15, 0.2) is 86.0 Å². The average molecular weight is 535 g/mol. The Morgan fingerprint density at radius 2 is 1.62 bits per heavy atom. The largest absolute Gasteiger partial charge is 0.464 e. The Balaban J connectivity index is 1.87. The molecule has 39 heavy (non-hydrogen) atoms. The fraction of sp³-hybridized carbons (Fsp3) is 0.406. The Bertz CT molecular complexity index is 1030. The van der Waals surface area contributed by atoms with E-state index in [-0.39, 0.29) is 56.4 Å². The summed E-state index contributed by atoms with van der Waals surface area (Å²) < 4.78 is 5.51. The molecule has 0 radical (unpaired) electrons. The van der Waals surface area contributed by atoms with Gasteiger partial charge in [-0.2, -0.15) is 0 Å². The zero-order chi connectivity index (χ0) is 28.3. The van der Waals surface area contributed by atoms with Crippen LogP contribution in [-0.4, -0.2) is 54.1 Å². The maximum atomic E-state index is 13.0. The molecule has 2 unspecified atom stereocenters. The first-order chi connectivity index (χ1) is 19.0. The lowest BCUT2D eigenvalue weighted by Crippen LogP contribution is -2.39. The molecular weight excluding hydrogens is 492 g/mol. The van der Waals surface area contributed by atoms with Crippen LogP contribution >= 0.6 is 0 Å². The van der Waals surface area contributed by atoms with Gasteiger partial charge in [-0.25, -0.2) is 0 Å². The highest BCUT2D eigenvalue weighted by atomic mass is 16.5. The lowest BCUT2D eigenvalue weighted by molar-refractivity contribution is -0.149. The van der Waals surface area contributed by atoms with Crippen molar-refractivity contribution in [3.63, 3.8) is 0 Å². The Kier molecular flexibility index (Phi) is 15.0. The Morgan fingerprint density at radius 1 is 0.949 bits per heavy atom. The van der Waals surface area contributed by atoms with Crippen LogP contribution in [0.1, 0.15) is 43.2 Å². The zero-order valence-corrected chi connectivity index (χ0v) is 22.8. The van der Waals surface area contributed by atoms with Gasteiger partial charge in [-0.15, -0.1) is 13.2 Å². The third kappa shape index (κ3) is 12.1. The SMILES string of the molecule is C=CCCCC(Cc1ccccc1)C(=O)OCCNC(=O)C(CC=C)CC(=O)N(CCO)Cc1ccccc1. The molecule has 0 aliphatic rings. The van der Waals surface area contributed by atoms with Crippen LogP contribution in [-0.2, 0) is 32.1 Å². The standard InChI is InChI=1S/C32H42N2O5/c1-3-5-8-18-29(23-26-14-9-6-10-15-26)32(38)39-22-19-33-31(37)28(13-4-2)24-30(36)34(20-21-35)25-27-16-11-7-12-17-27/h3-4,6-7,9-12,14-17,28-29,35H,1-2,5,8,13,18-25H2,(H,33,37). The van der Waals surface area contributed by atoms with Crippen LogP contribution in [0.2, 0.25) is 0 Å². The predicted octanol–water partition coefficient (Wildman–Crippen LogP) is 4.46. The number of aliphatic hydroxyl groups excluding tert-OH is 1. The van der Waals surface area contributed by atoms with E-state index in [0.29, 0.717) is 25.8 Å². The van der Waals surface area contributed by atoms with Crippen molar-refractivity contribution in [1.29, 1.82) is 0 Å². The molecule has 0 saturated heterocycles. The number of carbonyl (C=O) groups is 3. The van der Waals surface area contributed by atoms with Gasteiger partial charge in [0, 0.05) is 19.5 Å². The van der Waals surface area contributed by atoms with Crippen molar-refractivity contribution >= 4 is 17.8 Å². The van der Waals surface area contributed by atoms with E-state index in [4.69, 9.17) is 4.74 Å². The van der Waals surface area contributed by atoms with Crippen LogP contribution in [0.3, 0.4) is 0 Å².